The minimum absolute atomic E-state index is 0.172. The highest BCUT2D eigenvalue weighted by molar-refractivity contribution is 7.89. The van der Waals surface area contributed by atoms with Crippen LogP contribution in [0.4, 0.5) is 5.69 Å². The lowest BCUT2D eigenvalue weighted by atomic mass is 10.1. The Kier molecular flexibility index (Phi) is 8.32. The number of hydrogen-bond acceptors (Lipinski definition) is 6. The van der Waals surface area contributed by atoms with Crippen molar-refractivity contribution < 1.29 is 17.9 Å². The highest BCUT2D eigenvalue weighted by atomic mass is 32.2. The van der Waals surface area contributed by atoms with Crippen molar-refractivity contribution in [2.75, 3.05) is 63.9 Å². The number of rotatable bonds is 9. The first kappa shape index (κ1) is 24.0. The molecule has 0 spiro atoms. The lowest BCUT2D eigenvalue weighted by molar-refractivity contribution is 0.0204. The molecule has 1 aromatic rings. The second-order valence-corrected chi connectivity index (χ2v) is 10.1. The Labute approximate surface area is 186 Å². The maximum atomic E-state index is 13.2. The van der Waals surface area contributed by atoms with Crippen molar-refractivity contribution in [3.05, 3.63) is 23.8 Å². The summed E-state index contributed by atoms with van der Waals surface area (Å²) in [6, 6.07) is 5.16. The molecule has 2 heterocycles. The molecule has 2 aliphatic rings. The molecule has 9 heteroatoms. The van der Waals surface area contributed by atoms with Crippen LogP contribution in [0.5, 0.6) is 0 Å². The number of nitrogens with one attached hydrogen (secondary N) is 1. The van der Waals surface area contributed by atoms with Crippen LogP contribution >= 0.6 is 0 Å². The molecule has 1 atom stereocenters. The average Bonchev–Trinajstić information content (AvgIpc) is 3.33. The summed E-state index contributed by atoms with van der Waals surface area (Å²) >= 11 is 0. The van der Waals surface area contributed by atoms with E-state index in [0.29, 0.717) is 38.4 Å². The van der Waals surface area contributed by atoms with Crippen molar-refractivity contribution in [2.24, 2.45) is 0 Å². The van der Waals surface area contributed by atoms with E-state index in [2.05, 4.69) is 22.0 Å². The van der Waals surface area contributed by atoms with E-state index in [9.17, 15) is 13.2 Å². The van der Waals surface area contributed by atoms with E-state index in [0.717, 1.165) is 44.7 Å². The Bertz CT molecular complexity index is 845. The third-order valence-electron chi connectivity index (χ3n) is 6.23. The molecule has 2 saturated heterocycles. The summed E-state index contributed by atoms with van der Waals surface area (Å²) in [6.07, 6.45) is 2.16. The van der Waals surface area contributed by atoms with E-state index in [1.165, 1.54) is 4.31 Å². The minimum atomic E-state index is -3.63. The van der Waals surface area contributed by atoms with Crippen LogP contribution in [0.1, 0.15) is 44.0 Å². The van der Waals surface area contributed by atoms with Gasteiger partial charge in [-0.3, -0.25) is 9.69 Å². The summed E-state index contributed by atoms with van der Waals surface area (Å²) in [5.74, 6) is -0.224. The highest BCUT2D eigenvalue weighted by Gasteiger charge is 2.27. The number of anilines is 1. The van der Waals surface area contributed by atoms with Gasteiger partial charge in [0, 0.05) is 57.5 Å². The van der Waals surface area contributed by atoms with E-state index >= 15 is 0 Å². The number of nitrogens with zero attached hydrogens (tertiary/aromatic N) is 3. The van der Waals surface area contributed by atoms with Gasteiger partial charge in [0.15, 0.2) is 0 Å². The van der Waals surface area contributed by atoms with E-state index in [1.807, 2.05) is 13.8 Å². The number of ether oxygens (including phenoxy) is 1. The molecular weight excluding hydrogens is 416 g/mol. The molecule has 0 bridgehead atoms. The molecule has 2 aliphatic heterocycles. The van der Waals surface area contributed by atoms with Gasteiger partial charge >= 0.3 is 0 Å². The van der Waals surface area contributed by atoms with Crippen molar-refractivity contribution in [1.29, 1.82) is 0 Å². The molecule has 31 heavy (non-hydrogen) atoms. The number of amides is 1. The molecule has 1 aromatic carbocycles. The fraction of sp³-hybridized carbons (Fsp3) is 0.682. The highest BCUT2D eigenvalue weighted by Crippen LogP contribution is 2.28. The Morgan fingerprint density at radius 3 is 2.39 bits per heavy atom. The molecule has 174 valence electrons. The molecule has 0 aliphatic carbocycles. The summed E-state index contributed by atoms with van der Waals surface area (Å²) in [7, 11) is -3.63. The smallest absolute Gasteiger partial charge is 0.253 e. The zero-order valence-electron chi connectivity index (χ0n) is 19.0. The van der Waals surface area contributed by atoms with Gasteiger partial charge < -0.3 is 15.0 Å². The SMILES string of the molecule is CCN(CC)S(=O)(=O)c1ccc(N2CCCC2)c(C(=O)NCC(C)N2CCOCC2)c1. The second kappa shape index (κ2) is 10.8. The molecular formula is C22H36N4O4S. The quantitative estimate of drug-likeness (QED) is 0.615. The zero-order chi connectivity index (χ0) is 22.4. The summed E-state index contributed by atoms with van der Waals surface area (Å²) < 4.78 is 32.9. The largest absolute Gasteiger partial charge is 0.379 e. The Morgan fingerprint density at radius 1 is 1.13 bits per heavy atom. The average molecular weight is 453 g/mol. The van der Waals surface area contributed by atoms with Gasteiger partial charge in [0.2, 0.25) is 10.0 Å². The van der Waals surface area contributed by atoms with Crippen LogP contribution in [-0.4, -0.2) is 88.6 Å². The van der Waals surface area contributed by atoms with Gasteiger partial charge in [0.05, 0.1) is 23.7 Å². The number of carbonyl (C=O) groups excluding carboxylic acids is 1. The number of morpholine rings is 1. The van der Waals surface area contributed by atoms with Crippen molar-refractivity contribution in [2.45, 2.75) is 44.6 Å². The Balaban J connectivity index is 1.83. The fourth-order valence-electron chi connectivity index (χ4n) is 4.29. The second-order valence-electron chi connectivity index (χ2n) is 8.17. The molecule has 0 saturated carbocycles. The van der Waals surface area contributed by atoms with Gasteiger partial charge in [-0.2, -0.15) is 4.31 Å². The fourth-order valence-corrected chi connectivity index (χ4v) is 5.77. The molecule has 1 unspecified atom stereocenters. The van der Waals surface area contributed by atoms with Crippen LogP contribution in [0.3, 0.4) is 0 Å². The van der Waals surface area contributed by atoms with Crippen LogP contribution in [-0.2, 0) is 14.8 Å². The third-order valence-corrected chi connectivity index (χ3v) is 8.28. The van der Waals surface area contributed by atoms with Crippen LogP contribution in [0.2, 0.25) is 0 Å². The minimum Gasteiger partial charge on any atom is -0.379 e. The molecule has 1 N–H and O–H groups in total. The predicted octanol–water partition coefficient (Wildman–Crippen LogP) is 1.77. The van der Waals surface area contributed by atoms with E-state index < -0.39 is 10.0 Å². The number of benzene rings is 1. The zero-order valence-corrected chi connectivity index (χ0v) is 19.8. The topological polar surface area (TPSA) is 82.2 Å². The van der Waals surface area contributed by atoms with Gasteiger partial charge in [-0.05, 0) is 38.0 Å². The molecule has 0 radical (unpaired) electrons. The van der Waals surface area contributed by atoms with Crippen molar-refractivity contribution in [3.63, 3.8) is 0 Å². The summed E-state index contributed by atoms with van der Waals surface area (Å²) in [4.78, 5) is 17.9. The standard InChI is InChI=1S/C22H36N4O4S/c1-4-26(5-2)31(28,29)19-8-9-21(25-10-6-7-11-25)20(16-19)22(27)23-17-18(3)24-12-14-30-15-13-24/h8-9,16,18H,4-7,10-15,17H2,1-3H3,(H,23,27). The first-order chi connectivity index (χ1) is 14.9. The molecule has 3 rings (SSSR count). The summed E-state index contributed by atoms with van der Waals surface area (Å²) in [5.41, 5.74) is 1.25. The van der Waals surface area contributed by atoms with Gasteiger partial charge in [0.1, 0.15) is 0 Å². The summed E-state index contributed by atoms with van der Waals surface area (Å²) in [5, 5.41) is 3.04. The van der Waals surface area contributed by atoms with Crippen LogP contribution in [0, 0.1) is 0 Å². The van der Waals surface area contributed by atoms with Crippen LogP contribution in [0.15, 0.2) is 23.1 Å². The van der Waals surface area contributed by atoms with Crippen LogP contribution in [0.25, 0.3) is 0 Å². The third kappa shape index (κ3) is 5.58. The van der Waals surface area contributed by atoms with Crippen LogP contribution < -0.4 is 10.2 Å². The van der Waals surface area contributed by atoms with Gasteiger partial charge in [0.25, 0.3) is 5.91 Å². The lowest BCUT2D eigenvalue weighted by Crippen LogP contribution is -2.47. The Morgan fingerprint density at radius 2 is 1.77 bits per heavy atom. The van der Waals surface area contributed by atoms with Gasteiger partial charge in [-0.15, -0.1) is 0 Å². The van der Waals surface area contributed by atoms with Crippen molar-refractivity contribution in [3.8, 4) is 0 Å². The van der Waals surface area contributed by atoms with Gasteiger partial charge in [-0.1, -0.05) is 13.8 Å². The maximum absolute atomic E-state index is 13.2. The van der Waals surface area contributed by atoms with E-state index in [-0.39, 0.29) is 16.8 Å². The maximum Gasteiger partial charge on any atom is 0.253 e. The molecule has 8 nitrogen and oxygen atoms in total. The number of hydrogen-bond donors (Lipinski definition) is 1. The first-order valence-electron chi connectivity index (χ1n) is 11.4. The van der Waals surface area contributed by atoms with Gasteiger partial charge in [-0.25, -0.2) is 8.42 Å². The number of sulfonamides is 1. The molecule has 2 fully saturated rings. The molecule has 1 amide bonds. The summed E-state index contributed by atoms with van der Waals surface area (Å²) in [6.45, 7) is 11.9. The normalized spacial score (nSPS) is 19.0. The van der Waals surface area contributed by atoms with Crippen molar-refractivity contribution >= 4 is 21.6 Å². The lowest BCUT2D eigenvalue weighted by Gasteiger charge is -2.32. The van der Waals surface area contributed by atoms with Crippen molar-refractivity contribution in [1.82, 2.24) is 14.5 Å². The first-order valence-corrected chi connectivity index (χ1v) is 12.8. The predicted molar refractivity (Wildman–Crippen MR) is 122 cm³/mol. The molecule has 0 aromatic heterocycles. The Hall–Kier alpha value is -1.68. The monoisotopic (exact) mass is 452 g/mol. The van der Waals surface area contributed by atoms with E-state index in [4.69, 9.17) is 4.74 Å². The van der Waals surface area contributed by atoms with E-state index in [1.54, 1.807) is 18.2 Å². The number of carbonyl (C=O) groups is 1.